The van der Waals surface area contributed by atoms with Crippen LogP contribution in [0, 0.1) is 0 Å². The summed E-state index contributed by atoms with van der Waals surface area (Å²) in [6, 6.07) is 17.7. The Hall–Kier alpha value is -2.38. The SMILES string of the molecule is CN=C(NCc1ccc(CS(=O)(=O)NC(C)C)cc1)N(C)Cc1ccccc1. The normalized spacial score (nSPS) is 12.2. The number of hydrogen-bond donors (Lipinski definition) is 2. The van der Waals surface area contributed by atoms with E-state index < -0.39 is 10.0 Å². The van der Waals surface area contributed by atoms with E-state index in [1.807, 2.05) is 63.4 Å². The van der Waals surface area contributed by atoms with Crippen LogP contribution in [0.25, 0.3) is 0 Å². The standard InChI is InChI=1S/C21H30N4O2S/c1-17(2)24-28(26,27)16-20-12-10-18(11-13-20)14-23-21(22-3)25(4)15-19-8-6-5-7-9-19/h5-13,17,24H,14-16H2,1-4H3,(H,22,23). The fourth-order valence-electron chi connectivity index (χ4n) is 2.87. The average Bonchev–Trinajstić information content (AvgIpc) is 2.63. The molecule has 0 fully saturated rings. The van der Waals surface area contributed by atoms with Crippen LogP contribution in [-0.4, -0.2) is 39.4 Å². The monoisotopic (exact) mass is 402 g/mol. The van der Waals surface area contributed by atoms with Crippen molar-refractivity contribution in [3.63, 3.8) is 0 Å². The van der Waals surface area contributed by atoms with Gasteiger partial charge < -0.3 is 10.2 Å². The lowest BCUT2D eigenvalue weighted by Crippen LogP contribution is -2.38. The predicted octanol–water partition coefficient (Wildman–Crippen LogP) is 2.72. The zero-order chi connectivity index (χ0) is 20.6. The minimum absolute atomic E-state index is 0.0135. The molecule has 0 saturated carbocycles. The second-order valence-corrected chi connectivity index (χ2v) is 8.84. The van der Waals surface area contributed by atoms with Gasteiger partial charge >= 0.3 is 0 Å². The van der Waals surface area contributed by atoms with Crippen molar-refractivity contribution in [2.45, 2.75) is 38.7 Å². The Labute approximate surface area is 168 Å². The molecule has 0 atom stereocenters. The molecule has 0 radical (unpaired) electrons. The number of benzene rings is 2. The first-order valence-electron chi connectivity index (χ1n) is 9.32. The fourth-order valence-corrected chi connectivity index (χ4v) is 4.30. The van der Waals surface area contributed by atoms with E-state index in [0.29, 0.717) is 6.54 Å². The molecular weight excluding hydrogens is 372 g/mol. The Balaban J connectivity index is 1.91. The summed E-state index contributed by atoms with van der Waals surface area (Å²) in [6.07, 6.45) is 0. The molecular formula is C21H30N4O2S. The summed E-state index contributed by atoms with van der Waals surface area (Å²) in [5, 5.41) is 3.34. The van der Waals surface area contributed by atoms with E-state index in [1.165, 1.54) is 5.56 Å². The number of guanidine groups is 1. The van der Waals surface area contributed by atoms with Crippen molar-refractivity contribution < 1.29 is 8.42 Å². The van der Waals surface area contributed by atoms with Gasteiger partial charge in [-0.25, -0.2) is 13.1 Å². The number of rotatable bonds is 8. The molecule has 2 N–H and O–H groups in total. The molecule has 0 unspecified atom stereocenters. The minimum atomic E-state index is -3.31. The number of hydrogen-bond acceptors (Lipinski definition) is 3. The summed E-state index contributed by atoms with van der Waals surface area (Å²) in [5.74, 6) is 0.789. The molecule has 0 aliphatic rings. The molecule has 2 aromatic rings. The summed E-state index contributed by atoms with van der Waals surface area (Å²) in [5.41, 5.74) is 3.04. The average molecular weight is 403 g/mol. The molecule has 0 amide bonds. The van der Waals surface area contributed by atoms with Gasteiger partial charge in [0.1, 0.15) is 0 Å². The van der Waals surface area contributed by atoms with Crippen molar-refractivity contribution in [2.24, 2.45) is 4.99 Å². The molecule has 6 nitrogen and oxygen atoms in total. The largest absolute Gasteiger partial charge is 0.352 e. The van der Waals surface area contributed by atoms with Gasteiger partial charge in [0.2, 0.25) is 10.0 Å². The van der Waals surface area contributed by atoms with Crippen molar-refractivity contribution in [1.29, 1.82) is 0 Å². The first-order chi connectivity index (χ1) is 13.3. The molecule has 0 aliphatic carbocycles. The van der Waals surface area contributed by atoms with E-state index in [9.17, 15) is 8.42 Å². The molecule has 2 rings (SSSR count). The zero-order valence-electron chi connectivity index (χ0n) is 17.0. The molecule has 0 spiro atoms. The van der Waals surface area contributed by atoms with Gasteiger partial charge in [-0.05, 0) is 30.5 Å². The van der Waals surface area contributed by atoms with E-state index in [2.05, 4.69) is 32.1 Å². The number of nitrogens with zero attached hydrogens (tertiary/aromatic N) is 2. The topological polar surface area (TPSA) is 73.8 Å². The van der Waals surface area contributed by atoms with Gasteiger partial charge in [0.05, 0.1) is 5.75 Å². The van der Waals surface area contributed by atoms with E-state index >= 15 is 0 Å². The molecule has 28 heavy (non-hydrogen) atoms. The second-order valence-electron chi connectivity index (χ2n) is 7.09. The van der Waals surface area contributed by atoms with Gasteiger partial charge in [-0.3, -0.25) is 4.99 Å². The van der Waals surface area contributed by atoms with Crippen LogP contribution in [-0.2, 0) is 28.9 Å². The maximum absolute atomic E-state index is 12.0. The van der Waals surface area contributed by atoms with Gasteiger partial charge in [0.25, 0.3) is 0 Å². The van der Waals surface area contributed by atoms with E-state index in [1.54, 1.807) is 7.05 Å². The maximum Gasteiger partial charge on any atom is 0.216 e. The van der Waals surface area contributed by atoms with Crippen LogP contribution in [0.3, 0.4) is 0 Å². The van der Waals surface area contributed by atoms with E-state index in [4.69, 9.17) is 0 Å². The molecule has 152 valence electrons. The van der Waals surface area contributed by atoms with Crippen LogP contribution >= 0.6 is 0 Å². The summed E-state index contributed by atoms with van der Waals surface area (Å²) in [6.45, 7) is 5.01. The Morgan fingerprint density at radius 1 is 1.00 bits per heavy atom. The van der Waals surface area contributed by atoms with Crippen molar-refractivity contribution in [3.8, 4) is 0 Å². The summed E-state index contributed by atoms with van der Waals surface area (Å²) >= 11 is 0. The van der Waals surface area contributed by atoms with Crippen LogP contribution in [0.2, 0.25) is 0 Å². The Kier molecular flexibility index (Phi) is 8.02. The van der Waals surface area contributed by atoms with Gasteiger partial charge in [-0.1, -0.05) is 54.6 Å². The molecule has 0 saturated heterocycles. The van der Waals surface area contributed by atoms with Crippen LogP contribution in [0.1, 0.15) is 30.5 Å². The van der Waals surface area contributed by atoms with Gasteiger partial charge in [0, 0.05) is 33.2 Å². The molecule has 0 aliphatic heterocycles. The predicted molar refractivity (Wildman–Crippen MR) is 115 cm³/mol. The van der Waals surface area contributed by atoms with Crippen LogP contribution in [0.5, 0.6) is 0 Å². The molecule has 2 aromatic carbocycles. The van der Waals surface area contributed by atoms with Crippen molar-refractivity contribution in [3.05, 3.63) is 71.3 Å². The Morgan fingerprint density at radius 2 is 1.61 bits per heavy atom. The third-order valence-corrected chi connectivity index (χ3v) is 5.63. The first-order valence-corrected chi connectivity index (χ1v) is 11.0. The summed E-state index contributed by atoms with van der Waals surface area (Å²) < 4.78 is 26.7. The van der Waals surface area contributed by atoms with Crippen LogP contribution < -0.4 is 10.0 Å². The lowest BCUT2D eigenvalue weighted by Gasteiger charge is -2.22. The number of aliphatic imine (C=N–C) groups is 1. The maximum atomic E-state index is 12.0. The summed E-state index contributed by atoms with van der Waals surface area (Å²) in [4.78, 5) is 6.40. The fraction of sp³-hybridized carbons (Fsp3) is 0.381. The van der Waals surface area contributed by atoms with E-state index in [0.717, 1.165) is 23.6 Å². The Morgan fingerprint density at radius 3 is 2.18 bits per heavy atom. The van der Waals surface area contributed by atoms with Crippen molar-refractivity contribution in [2.75, 3.05) is 14.1 Å². The lowest BCUT2D eigenvalue weighted by molar-refractivity contribution is 0.476. The molecule has 0 heterocycles. The van der Waals surface area contributed by atoms with Gasteiger partial charge in [-0.15, -0.1) is 0 Å². The highest BCUT2D eigenvalue weighted by Crippen LogP contribution is 2.09. The van der Waals surface area contributed by atoms with Gasteiger partial charge in [-0.2, -0.15) is 0 Å². The molecule has 0 aromatic heterocycles. The van der Waals surface area contributed by atoms with Gasteiger partial charge in [0.15, 0.2) is 5.96 Å². The van der Waals surface area contributed by atoms with Crippen LogP contribution in [0.15, 0.2) is 59.6 Å². The smallest absolute Gasteiger partial charge is 0.216 e. The third kappa shape index (κ3) is 7.32. The molecule has 0 bridgehead atoms. The third-order valence-electron chi connectivity index (χ3n) is 4.08. The summed E-state index contributed by atoms with van der Waals surface area (Å²) in [7, 11) is 0.453. The number of nitrogens with one attached hydrogen (secondary N) is 2. The van der Waals surface area contributed by atoms with E-state index in [-0.39, 0.29) is 11.8 Å². The molecule has 7 heteroatoms. The quantitative estimate of drug-likeness (QED) is 0.526. The first kappa shape index (κ1) is 21.9. The lowest BCUT2D eigenvalue weighted by atomic mass is 10.1. The zero-order valence-corrected chi connectivity index (χ0v) is 17.8. The van der Waals surface area contributed by atoms with Crippen molar-refractivity contribution >= 4 is 16.0 Å². The minimum Gasteiger partial charge on any atom is -0.352 e. The Bertz CT molecular complexity index is 863. The highest BCUT2D eigenvalue weighted by Gasteiger charge is 2.13. The van der Waals surface area contributed by atoms with Crippen LogP contribution in [0.4, 0.5) is 0 Å². The van der Waals surface area contributed by atoms with Crippen molar-refractivity contribution in [1.82, 2.24) is 14.9 Å². The highest BCUT2D eigenvalue weighted by atomic mass is 32.2. The highest BCUT2D eigenvalue weighted by molar-refractivity contribution is 7.88. The second kappa shape index (κ2) is 10.2. The number of sulfonamides is 1.